The SMILES string of the molecule is CCCC(N)C1(c2ccc(Cl)c(Cl)c2)CCC1I.Cl. The number of alkyl halides is 1. The van der Waals surface area contributed by atoms with Crippen LogP contribution in [0.5, 0.6) is 0 Å². The second-order valence-corrected chi connectivity index (χ2v) is 7.39. The van der Waals surface area contributed by atoms with Gasteiger partial charge in [-0.25, -0.2) is 0 Å². The highest BCUT2D eigenvalue weighted by molar-refractivity contribution is 14.1. The Morgan fingerprint density at radius 3 is 2.53 bits per heavy atom. The number of nitrogens with two attached hydrogens (primary N) is 1. The molecule has 2 rings (SSSR count). The smallest absolute Gasteiger partial charge is 0.0595 e. The summed E-state index contributed by atoms with van der Waals surface area (Å²) in [5, 5.41) is 1.25. The molecule has 1 aromatic carbocycles. The van der Waals surface area contributed by atoms with Gasteiger partial charge in [-0.05, 0) is 37.0 Å². The van der Waals surface area contributed by atoms with Gasteiger partial charge in [-0.2, -0.15) is 0 Å². The number of rotatable bonds is 4. The molecule has 1 aliphatic carbocycles. The van der Waals surface area contributed by atoms with Crippen molar-refractivity contribution in [2.75, 3.05) is 0 Å². The van der Waals surface area contributed by atoms with Crippen molar-refractivity contribution in [2.24, 2.45) is 5.73 Å². The van der Waals surface area contributed by atoms with Crippen LogP contribution in [-0.2, 0) is 5.41 Å². The molecule has 1 saturated carbocycles. The largest absolute Gasteiger partial charge is 0.327 e. The van der Waals surface area contributed by atoms with Gasteiger partial charge in [0, 0.05) is 15.4 Å². The molecule has 0 spiro atoms. The lowest BCUT2D eigenvalue weighted by atomic mass is 9.59. The molecule has 19 heavy (non-hydrogen) atoms. The van der Waals surface area contributed by atoms with Crippen LogP contribution < -0.4 is 5.73 Å². The third kappa shape index (κ3) is 3.18. The maximum Gasteiger partial charge on any atom is 0.0595 e. The van der Waals surface area contributed by atoms with E-state index in [-0.39, 0.29) is 23.9 Å². The van der Waals surface area contributed by atoms with Gasteiger partial charge < -0.3 is 5.73 Å². The summed E-state index contributed by atoms with van der Waals surface area (Å²) < 4.78 is 0.592. The third-order valence-corrected chi connectivity index (χ3v) is 6.56. The summed E-state index contributed by atoms with van der Waals surface area (Å²) in [6.45, 7) is 2.18. The van der Waals surface area contributed by atoms with Crippen LogP contribution in [0.1, 0.15) is 38.2 Å². The van der Waals surface area contributed by atoms with E-state index in [1.807, 2.05) is 12.1 Å². The van der Waals surface area contributed by atoms with Crippen LogP contribution in [0.25, 0.3) is 0 Å². The minimum absolute atomic E-state index is 0. The zero-order valence-electron chi connectivity index (χ0n) is 10.8. The van der Waals surface area contributed by atoms with Gasteiger partial charge in [0.15, 0.2) is 0 Å². The fourth-order valence-corrected chi connectivity index (χ4v) is 4.62. The van der Waals surface area contributed by atoms with Crippen molar-refractivity contribution in [2.45, 2.75) is 48.0 Å². The molecule has 5 heteroatoms. The molecule has 0 radical (unpaired) electrons. The molecule has 2 N–H and O–H groups in total. The van der Waals surface area contributed by atoms with Crippen molar-refractivity contribution in [3.63, 3.8) is 0 Å². The van der Waals surface area contributed by atoms with Crippen molar-refractivity contribution < 1.29 is 0 Å². The van der Waals surface area contributed by atoms with Crippen molar-refractivity contribution in [1.29, 1.82) is 0 Å². The van der Waals surface area contributed by atoms with Crippen molar-refractivity contribution >= 4 is 58.2 Å². The van der Waals surface area contributed by atoms with Gasteiger partial charge in [0.2, 0.25) is 0 Å². The lowest BCUT2D eigenvalue weighted by Gasteiger charge is -2.51. The molecule has 3 atom stereocenters. The molecule has 0 aliphatic heterocycles. The van der Waals surface area contributed by atoms with Crippen molar-refractivity contribution in [1.82, 2.24) is 0 Å². The number of hydrogen-bond acceptors (Lipinski definition) is 1. The van der Waals surface area contributed by atoms with Crippen molar-refractivity contribution in [3.05, 3.63) is 33.8 Å². The molecule has 1 fully saturated rings. The third-order valence-electron chi connectivity index (χ3n) is 4.09. The van der Waals surface area contributed by atoms with Gasteiger partial charge in [0.05, 0.1) is 10.0 Å². The van der Waals surface area contributed by atoms with Crippen LogP contribution in [0, 0.1) is 0 Å². The zero-order valence-corrected chi connectivity index (χ0v) is 15.3. The van der Waals surface area contributed by atoms with Gasteiger partial charge in [0.1, 0.15) is 0 Å². The van der Waals surface area contributed by atoms with Gasteiger partial charge in [-0.1, -0.05) is 65.2 Å². The van der Waals surface area contributed by atoms with E-state index in [9.17, 15) is 0 Å². The summed E-state index contributed by atoms with van der Waals surface area (Å²) in [6, 6.07) is 6.19. The van der Waals surface area contributed by atoms with Gasteiger partial charge >= 0.3 is 0 Å². The molecule has 1 aliphatic rings. The molecular weight excluding hydrogens is 415 g/mol. The predicted molar refractivity (Wildman–Crippen MR) is 95.3 cm³/mol. The Hall–Kier alpha value is 0.780. The van der Waals surface area contributed by atoms with E-state index in [2.05, 4.69) is 35.6 Å². The first-order chi connectivity index (χ1) is 8.52. The average Bonchev–Trinajstić information content (AvgIpc) is 2.33. The minimum atomic E-state index is 0. The van der Waals surface area contributed by atoms with Crippen LogP contribution in [0.3, 0.4) is 0 Å². The Kier molecular flexibility index (Phi) is 6.73. The van der Waals surface area contributed by atoms with E-state index in [0.717, 1.165) is 19.3 Å². The first kappa shape index (κ1) is 17.8. The first-order valence-corrected chi connectivity index (χ1v) is 8.37. The first-order valence-electron chi connectivity index (χ1n) is 6.37. The normalized spacial score (nSPS) is 27.3. The fourth-order valence-electron chi connectivity index (χ4n) is 2.88. The van der Waals surface area contributed by atoms with Crippen LogP contribution in [-0.4, -0.2) is 9.97 Å². The van der Waals surface area contributed by atoms with Crippen molar-refractivity contribution in [3.8, 4) is 0 Å². The van der Waals surface area contributed by atoms with E-state index in [1.54, 1.807) is 0 Å². The lowest BCUT2D eigenvalue weighted by Crippen LogP contribution is -2.57. The Labute approximate surface area is 145 Å². The Bertz CT molecular complexity index is 441. The fraction of sp³-hybridized carbons (Fsp3) is 0.571. The van der Waals surface area contributed by atoms with E-state index in [0.29, 0.717) is 14.0 Å². The lowest BCUT2D eigenvalue weighted by molar-refractivity contribution is 0.209. The van der Waals surface area contributed by atoms with Gasteiger partial charge in [0.25, 0.3) is 0 Å². The standard InChI is InChI=1S/C14H18Cl2IN.ClH/c1-2-3-13(18)14(7-6-12(14)17)9-4-5-10(15)11(16)8-9;/h4-5,8,12-13H,2-3,6-7,18H2,1H3;1H. The summed E-state index contributed by atoms with van der Waals surface area (Å²) in [7, 11) is 0. The van der Waals surface area contributed by atoms with Crippen LogP contribution in [0.15, 0.2) is 18.2 Å². The minimum Gasteiger partial charge on any atom is -0.327 e. The topological polar surface area (TPSA) is 26.0 Å². The molecule has 0 aromatic heterocycles. The highest BCUT2D eigenvalue weighted by Gasteiger charge is 2.50. The second-order valence-electron chi connectivity index (χ2n) is 5.07. The molecule has 3 unspecified atom stereocenters. The Balaban J connectivity index is 0.00000180. The highest BCUT2D eigenvalue weighted by Crippen LogP contribution is 2.51. The predicted octanol–water partition coefficient (Wildman–Crippen LogP) is 5.38. The maximum absolute atomic E-state index is 6.45. The monoisotopic (exact) mass is 433 g/mol. The zero-order chi connectivity index (χ0) is 13.3. The highest BCUT2D eigenvalue weighted by atomic mass is 127. The number of halogens is 4. The van der Waals surface area contributed by atoms with E-state index >= 15 is 0 Å². The van der Waals surface area contributed by atoms with Crippen LogP contribution in [0.4, 0.5) is 0 Å². The molecule has 1 nitrogen and oxygen atoms in total. The second kappa shape index (κ2) is 7.17. The molecular formula is C14H19Cl3IN. The molecule has 0 amide bonds. The maximum atomic E-state index is 6.45. The molecule has 108 valence electrons. The molecule has 1 aromatic rings. The van der Waals surface area contributed by atoms with Crippen LogP contribution in [0.2, 0.25) is 10.0 Å². The summed E-state index contributed by atoms with van der Waals surface area (Å²) in [4.78, 5) is 0. The van der Waals surface area contributed by atoms with E-state index < -0.39 is 0 Å². The Morgan fingerprint density at radius 1 is 1.42 bits per heavy atom. The van der Waals surface area contributed by atoms with Gasteiger partial charge in [-0.3, -0.25) is 0 Å². The number of benzene rings is 1. The summed E-state index contributed by atoms with van der Waals surface area (Å²) >= 11 is 14.7. The molecule has 0 bridgehead atoms. The summed E-state index contributed by atoms with van der Waals surface area (Å²) in [5.74, 6) is 0. The number of hydrogen-bond donors (Lipinski definition) is 1. The summed E-state index contributed by atoms with van der Waals surface area (Å²) in [5.41, 5.74) is 7.80. The quantitative estimate of drug-likeness (QED) is 0.500. The van der Waals surface area contributed by atoms with E-state index in [4.69, 9.17) is 28.9 Å². The summed E-state index contributed by atoms with van der Waals surface area (Å²) in [6.07, 6.45) is 4.56. The average molecular weight is 435 g/mol. The molecule has 0 heterocycles. The van der Waals surface area contributed by atoms with E-state index in [1.165, 1.54) is 12.0 Å². The van der Waals surface area contributed by atoms with Crippen LogP contribution >= 0.6 is 58.2 Å². The molecule has 0 saturated heterocycles. The van der Waals surface area contributed by atoms with Gasteiger partial charge in [-0.15, -0.1) is 12.4 Å². The Morgan fingerprint density at radius 2 is 2.11 bits per heavy atom.